The van der Waals surface area contributed by atoms with Gasteiger partial charge in [-0.05, 0) is 36.8 Å². The van der Waals surface area contributed by atoms with Gasteiger partial charge >= 0.3 is 6.03 Å². The minimum absolute atomic E-state index is 0.209. The first-order valence-electron chi connectivity index (χ1n) is 8.83. The Labute approximate surface area is 173 Å². The maximum Gasteiger partial charge on any atom is 0.315 e. The Balaban J connectivity index is 1.54. The number of morpholine rings is 1. The first-order chi connectivity index (χ1) is 13.4. The van der Waals surface area contributed by atoms with Crippen molar-refractivity contribution in [1.82, 2.24) is 14.9 Å². The highest BCUT2D eigenvalue weighted by atomic mass is 35.5. The predicted molar refractivity (Wildman–Crippen MR) is 109 cm³/mol. The van der Waals surface area contributed by atoms with Crippen LogP contribution in [-0.4, -0.2) is 45.1 Å². The number of hydrogen-bond acceptors (Lipinski definition) is 5. The van der Waals surface area contributed by atoms with Gasteiger partial charge in [0.1, 0.15) is 4.21 Å². The van der Waals surface area contributed by atoms with Crippen LogP contribution in [0, 0.1) is 0 Å². The van der Waals surface area contributed by atoms with Crippen molar-refractivity contribution >= 4 is 39.0 Å². The summed E-state index contributed by atoms with van der Waals surface area (Å²) < 4.78 is 32.2. The van der Waals surface area contributed by atoms with Gasteiger partial charge in [-0.2, -0.15) is 4.31 Å². The van der Waals surface area contributed by atoms with Crippen LogP contribution in [-0.2, 0) is 21.3 Å². The molecule has 0 aliphatic carbocycles. The van der Waals surface area contributed by atoms with Gasteiger partial charge in [-0.25, -0.2) is 13.2 Å². The molecule has 7 nitrogen and oxygen atoms in total. The lowest BCUT2D eigenvalue weighted by Crippen LogP contribution is -2.40. The lowest BCUT2D eigenvalue weighted by Gasteiger charge is -2.25. The quantitative estimate of drug-likeness (QED) is 0.718. The maximum absolute atomic E-state index is 12.6. The number of benzene rings is 1. The van der Waals surface area contributed by atoms with Crippen LogP contribution in [0.4, 0.5) is 4.79 Å². The smallest absolute Gasteiger partial charge is 0.315 e. The Morgan fingerprint density at radius 3 is 2.75 bits per heavy atom. The van der Waals surface area contributed by atoms with E-state index in [-0.39, 0.29) is 22.8 Å². The van der Waals surface area contributed by atoms with Gasteiger partial charge in [-0.1, -0.05) is 23.7 Å². The van der Waals surface area contributed by atoms with Crippen molar-refractivity contribution in [2.24, 2.45) is 0 Å². The molecular formula is C18H22ClN3O4S2. The van der Waals surface area contributed by atoms with Crippen molar-refractivity contribution in [2.75, 3.05) is 26.3 Å². The number of sulfonamides is 1. The molecule has 2 aromatic rings. The lowest BCUT2D eigenvalue weighted by molar-refractivity contribution is 0.0731. The van der Waals surface area contributed by atoms with Crippen LogP contribution in [0.1, 0.15) is 23.4 Å². The van der Waals surface area contributed by atoms with Crippen molar-refractivity contribution in [3.8, 4) is 0 Å². The van der Waals surface area contributed by atoms with E-state index in [1.807, 2.05) is 19.1 Å². The number of thiophene rings is 1. The highest BCUT2D eigenvalue weighted by Crippen LogP contribution is 2.25. The van der Waals surface area contributed by atoms with Gasteiger partial charge in [0, 0.05) is 23.0 Å². The Hall–Kier alpha value is -1.65. The third-order valence-corrected chi connectivity index (χ3v) is 8.01. The molecule has 0 radical (unpaired) electrons. The molecule has 152 valence electrons. The molecule has 1 atom stereocenters. The second-order valence-corrected chi connectivity index (χ2v) is 10.1. The highest BCUT2D eigenvalue weighted by Gasteiger charge is 2.27. The molecule has 1 aliphatic rings. The van der Waals surface area contributed by atoms with Crippen LogP contribution in [0.5, 0.6) is 0 Å². The topological polar surface area (TPSA) is 87.7 Å². The Kier molecular flexibility index (Phi) is 6.95. The Morgan fingerprint density at radius 2 is 2.04 bits per heavy atom. The first kappa shape index (κ1) is 21.1. The van der Waals surface area contributed by atoms with Gasteiger partial charge in [0.2, 0.25) is 0 Å². The number of nitrogens with one attached hydrogen (secondary N) is 2. The zero-order valence-corrected chi connectivity index (χ0v) is 17.7. The zero-order valence-electron chi connectivity index (χ0n) is 15.4. The van der Waals surface area contributed by atoms with Crippen LogP contribution in [0.2, 0.25) is 5.02 Å². The van der Waals surface area contributed by atoms with Gasteiger partial charge in [0.05, 0.1) is 25.8 Å². The molecular weight excluding hydrogens is 422 g/mol. The molecule has 2 N–H and O–H groups in total. The van der Waals surface area contributed by atoms with Gasteiger partial charge < -0.3 is 15.4 Å². The number of rotatable bonds is 6. The van der Waals surface area contributed by atoms with Crippen LogP contribution in [0.3, 0.4) is 0 Å². The molecule has 1 saturated heterocycles. The normalized spacial score (nSPS) is 16.5. The summed E-state index contributed by atoms with van der Waals surface area (Å²) in [6, 6.07) is 10.1. The first-order valence-corrected chi connectivity index (χ1v) is 11.5. The fraction of sp³-hybridized carbons (Fsp3) is 0.389. The molecule has 3 rings (SSSR count). The van der Waals surface area contributed by atoms with Gasteiger partial charge in [-0.3, -0.25) is 0 Å². The van der Waals surface area contributed by atoms with E-state index in [0.29, 0.717) is 31.3 Å². The standard InChI is InChI=1S/C18H22ClN3O4S2/c1-13(14-3-2-4-15(19)11-14)21-18(23)20-12-16-5-6-17(27-16)28(24,25)22-7-9-26-10-8-22/h2-6,11,13H,7-10,12H2,1H3,(H2,20,21,23)/t13-/m1/s1. The molecule has 10 heteroatoms. The lowest BCUT2D eigenvalue weighted by atomic mass is 10.1. The number of ether oxygens (including phenoxy) is 1. The Morgan fingerprint density at radius 1 is 1.29 bits per heavy atom. The molecule has 0 saturated carbocycles. The number of carbonyl (C=O) groups excluding carboxylic acids is 1. The van der Waals surface area contributed by atoms with E-state index in [4.69, 9.17) is 16.3 Å². The van der Waals surface area contributed by atoms with E-state index >= 15 is 0 Å². The summed E-state index contributed by atoms with van der Waals surface area (Å²) in [5.74, 6) is 0. The van der Waals surface area contributed by atoms with E-state index in [0.717, 1.165) is 21.8 Å². The molecule has 1 fully saturated rings. The van der Waals surface area contributed by atoms with Crippen molar-refractivity contribution in [3.05, 3.63) is 51.9 Å². The monoisotopic (exact) mass is 443 g/mol. The average molecular weight is 444 g/mol. The molecule has 1 aliphatic heterocycles. The molecule has 1 aromatic carbocycles. The Bertz CT molecular complexity index is 926. The van der Waals surface area contributed by atoms with Crippen molar-refractivity contribution in [1.29, 1.82) is 0 Å². The minimum Gasteiger partial charge on any atom is -0.379 e. The SMILES string of the molecule is C[C@@H](NC(=O)NCc1ccc(S(=O)(=O)N2CCOCC2)s1)c1cccc(Cl)c1. The summed E-state index contributed by atoms with van der Waals surface area (Å²) in [6.07, 6.45) is 0. The number of nitrogens with zero attached hydrogens (tertiary/aromatic N) is 1. The van der Waals surface area contributed by atoms with Crippen molar-refractivity contribution in [2.45, 2.75) is 23.7 Å². The van der Waals surface area contributed by atoms with E-state index in [2.05, 4.69) is 10.6 Å². The zero-order chi connectivity index (χ0) is 20.1. The van der Waals surface area contributed by atoms with E-state index in [1.54, 1.807) is 24.3 Å². The van der Waals surface area contributed by atoms with E-state index in [9.17, 15) is 13.2 Å². The van der Waals surface area contributed by atoms with Crippen LogP contribution < -0.4 is 10.6 Å². The largest absolute Gasteiger partial charge is 0.379 e. The number of halogens is 1. The molecule has 28 heavy (non-hydrogen) atoms. The van der Waals surface area contributed by atoms with Gasteiger partial charge in [0.25, 0.3) is 10.0 Å². The van der Waals surface area contributed by atoms with Crippen molar-refractivity contribution < 1.29 is 17.9 Å². The number of hydrogen-bond donors (Lipinski definition) is 2. The van der Waals surface area contributed by atoms with Crippen LogP contribution in [0.25, 0.3) is 0 Å². The van der Waals surface area contributed by atoms with E-state index in [1.165, 1.54) is 4.31 Å². The second kappa shape index (κ2) is 9.23. The van der Waals surface area contributed by atoms with Gasteiger partial charge in [0.15, 0.2) is 0 Å². The van der Waals surface area contributed by atoms with Crippen LogP contribution in [0.15, 0.2) is 40.6 Å². The van der Waals surface area contributed by atoms with Gasteiger partial charge in [-0.15, -0.1) is 11.3 Å². The molecule has 0 bridgehead atoms. The molecule has 0 spiro atoms. The summed E-state index contributed by atoms with van der Waals surface area (Å²) in [4.78, 5) is 12.9. The summed E-state index contributed by atoms with van der Waals surface area (Å²) in [6.45, 7) is 3.64. The molecule has 0 unspecified atom stereocenters. The molecule has 2 amide bonds. The second-order valence-electron chi connectivity index (χ2n) is 6.34. The summed E-state index contributed by atoms with van der Waals surface area (Å²) in [5, 5.41) is 6.21. The number of carbonyl (C=O) groups is 1. The maximum atomic E-state index is 12.6. The third kappa shape index (κ3) is 5.24. The van der Waals surface area contributed by atoms with Crippen LogP contribution >= 0.6 is 22.9 Å². The van der Waals surface area contributed by atoms with E-state index < -0.39 is 10.0 Å². The summed E-state index contributed by atoms with van der Waals surface area (Å²) in [5.41, 5.74) is 0.901. The fourth-order valence-corrected chi connectivity index (χ4v) is 5.84. The highest BCUT2D eigenvalue weighted by molar-refractivity contribution is 7.91. The minimum atomic E-state index is -3.51. The number of amides is 2. The molecule has 1 aromatic heterocycles. The number of urea groups is 1. The average Bonchev–Trinajstić information content (AvgIpc) is 3.17. The van der Waals surface area contributed by atoms with Crippen molar-refractivity contribution in [3.63, 3.8) is 0 Å². The summed E-state index contributed by atoms with van der Waals surface area (Å²) >= 11 is 7.14. The molecule has 2 heterocycles. The third-order valence-electron chi connectivity index (χ3n) is 4.32. The predicted octanol–water partition coefficient (Wildman–Crippen LogP) is 2.98. The fourth-order valence-electron chi connectivity index (χ4n) is 2.78. The summed E-state index contributed by atoms with van der Waals surface area (Å²) in [7, 11) is -3.51.